The van der Waals surface area contributed by atoms with Gasteiger partial charge in [0.05, 0.1) is 12.1 Å². The summed E-state index contributed by atoms with van der Waals surface area (Å²) in [6.45, 7) is 1.88. The Labute approximate surface area is 162 Å². The van der Waals surface area contributed by atoms with E-state index in [0.29, 0.717) is 17.2 Å². The van der Waals surface area contributed by atoms with Crippen molar-refractivity contribution in [2.75, 3.05) is 5.32 Å². The molecule has 0 aliphatic heterocycles. The van der Waals surface area contributed by atoms with Crippen LogP contribution in [0.4, 0.5) is 10.1 Å². The zero-order valence-corrected chi connectivity index (χ0v) is 15.3. The summed E-state index contributed by atoms with van der Waals surface area (Å²) in [7, 11) is 0. The van der Waals surface area contributed by atoms with Gasteiger partial charge >= 0.3 is 0 Å². The van der Waals surface area contributed by atoms with Gasteiger partial charge in [-0.15, -0.1) is 0 Å². The van der Waals surface area contributed by atoms with Crippen LogP contribution in [0.3, 0.4) is 0 Å². The van der Waals surface area contributed by atoms with Crippen LogP contribution in [0.15, 0.2) is 72.8 Å². The summed E-state index contributed by atoms with van der Waals surface area (Å²) in [5, 5.41) is 3.63. The number of aryl methyl sites for hydroxylation is 1. The van der Waals surface area contributed by atoms with Crippen molar-refractivity contribution in [3.05, 3.63) is 89.9 Å². The van der Waals surface area contributed by atoms with Crippen LogP contribution in [0.25, 0.3) is 10.9 Å². The minimum Gasteiger partial charge on any atom is -0.455 e. The molecule has 0 aliphatic rings. The van der Waals surface area contributed by atoms with Gasteiger partial charge in [0.15, 0.2) is 5.75 Å². The highest BCUT2D eigenvalue weighted by atomic mass is 19.1. The third kappa shape index (κ3) is 3.74. The summed E-state index contributed by atoms with van der Waals surface area (Å²) in [6.07, 6.45) is 0.134. The fraction of sp³-hybridized carbons (Fsp3) is 0.0870. The van der Waals surface area contributed by atoms with Crippen molar-refractivity contribution in [3.8, 4) is 11.5 Å². The Balaban J connectivity index is 1.55. The number of anilines is 1. The number of aromatic amines is 1. The van der Waals surface area contributed by atoms with E-state index in [0.717, 1.165) is 22.2 Å². The Morgan fingerprint density at radius 2 is 1.79 bits per heavy atom. The van der Waals surface area contributed by atoms with Crippen LogP contribution in [-0.2, 0) is 11.2 Å². The van der Waals surface area contributed by atoms with Crippen LogP contribution >= 0.6 is 0 Å². The van der Waals surface area contributed by atoms with Crippen LogP contribution < -0.4 is 10.1 Å². The van der Waals surface area contributed by atoms with Crippen molar-refractivity contribution in [1.29, 1.82) is 0 Å². The Morgan fingerprint density at radius 3 is 2.61 bits per heavy atom. The molecule has 1 heterocycles. The number of ether oxygens (including phenoxy) is 1. The zero-order valence-electron chi connectivity index (χ0n) is 15.3. The third-order valence-corrected chi connectivity index (χ3v) is 4.55. The van der Waals surface area contributed by atoms with E-state index in [1.807, 2.05) is 49.4 Å². The number of rotatable bonds is 5. The number of fused-ring (bicyclic) bond motifs is 1. The van der Waals surface area contributed by atoms with E-state index in [1.165, 1.54) is 12.1 Å². The normalized spacial score (nSPS) is 10.8. The Hall–Kier alpha value is -3.60. The number of benzene rings is 3. The first-order valence-corrected chi connectivity index (χ1v) is 8.98. The standard InChI is InChI=1S/C23H19FN2O2/c1-15-18(19-13-16(24)11-12-20(19)25-15)14-23(27)26-21-9-5-6-10-22(21)28-17-7-3-2-4-8-17/h2-13,25H,14H2,1H3,(H,26,27). The topological polar surface area (TPSA) is 54.1 Å². The van der Waals surface area contributed by atoms with E-state index < -0.39 is 0 Å². The van der Waals surface area contributed by atoms with Crippen molar-refractivity contribution >= 4 is 22.5 Å². The second-order valence-corrected chi connectivity index (χ2v) is 6.55. The number of halogens is 1. The monoisotopic (exact) mass is 374 g/mol. The van der Waals surface area contributed by atoms with Crippen LogP contribution in [0, 0.1) is 12.7 Å². The van der Waals surface area contributed by atoms with E-state index >= 15 is 0 Å². The minimum atomic E-state index is -0.324. The molecule has 1 amide bonds. The van der Waals surface area contributed by atoms with Crippen LogP contribution in [0.2, 0.25) is 0 Å². The summed E-state index contributed by atoms with van der Waals surface area (Å²) >= 11 is 0. The first-order valence-electron chi connectivity index (χ1n) is 8.98. The van der Waals surface area contributed by atoms with Gasteiger partial charge in [0, 0.05) is 16.6 Å². The molecule has 0 atom stereocenters. The number of hydrogen-bond donors (Lipinski definition) is 2. The molecule has 0 spiro atoms. The highest BCUT2D eigenvalue weighted by molar-refractivity contribution is 5.97. The number of H-pyrrole nitrogens is 1. The van der Waals surface area contributed by atoms with Gasteiger partial charge < -0.3 is 15.0 Å². The average Bonchev–Trinajstić information content (AvgIpc) is 2.99. The molecule has 0 saturated heterocycles. The molecule has 1 aromatic heterocycles. The molecule has 4 nitrogen and oxygen atoms in total. The zero-order chi connectivity index (χ0) is 19.5. The van der Waals surface area contributed by atoms with Gasteiger partial charge in [-0.2, -0.15) is 0 Å². The Bertz CT molecular complexity index is 1140. The average molecular weight is 374 g/mol. The molecule has 4 rings (SSSR count). The molecule has 0 saturated carbocycles. The second-order valence-electron chi connectivity index (χ2n) is 6.55. The molecule has 140 valence electrons. The van der Waals surface area contributed by atoms with E-state index in [2.05, 4.69) is 10.3 Å². The van der Waals surface area contributed by atoms with Crippen molar-refractivity contribution in [1.82, 2.24) is 4.98 Å². The maximum absolute atomic E-state index is 13.6. The lowest BCUT2D eigenvalue weighted by Gasteiger charge is -2.12. The predicted molar refractivity (Wildman–Crippen MR) is 108 cm³/mol. The minimum absolute atomic E-state index is 0.134. The van der Waals surface area contributed by atoms with Gasteiger partial charge in [0.1, 0.15) is 11.6 Å². The number of carbonyl (C=O) groups excluding carboxylic acids is 1. The van der Waals surface area contributed by atoms with Gasteiger partial charge in [0.2, 0.25) is 5.91 Å². The second kappa shape index (κ2) is 7.56. The summed E-state index contributed by atoms with van der Waals surface area (Å²) in [6, 6.07) is 21.2. The Morgan fingerprint density at radius 1 is 1.04 bits per heavy atom. The molecule has 0 aliphatic carbocycles. The SMILES string of the molecule is Cc1[nH]c2ccc(F)cc2c1CC(=O)Nc1ccccc1Oc1ccccc1. The van der Waals surface area contributed by atoms with E-state index in [4.69, 9.17) is 4.74 Å². The van der Waals surface area contributed by atoms with Gasteiger partial charge in [-0.1, -0.05) is 30.3 Å². The molecule has 5 heteroatoms. The molecule has 2 N–H and O–H groups in total. The molecule has 4 aromatic rings. The lowest BCUT2D eigenvalue weighted by molar-refractivity contribution is -0.115. The quantitative estimate of drug-likeness (QED) is 0.478. The molecule has 0 fully saturated rings. The molecule has 0 radical (unpaired) electrons. The lowest BCUT2D eigenvalue weighted by Crippen LogP contribution is -2.15. The summed E-state index contributed by atoms with van der Waals surface area (Å²) in [5.74, 6) is 0.725. The van der Waals surface area contributed by atoms with Crippen LogP contribution in [-0.4, -0.2) is 10.9 Å². The fourth-order valence-corrected chi connectivity index (χ4v) is 3.21. The van der Waals surface area contributed by atoms with Crippen molar-refractivity contribution in [2.24, 2.45) is 0 Å². The van der Waals surface area contributed by atoms with E-state index in [1.54, 1.807) is 18.2 Å². The molecule has 28 heavy (non-hydrogen) atoms. The number of para-hydroxylation sites is 3. The fourth-order valence-electron chi connectivity index (χ4n) is 3.21. The number of amides is 1. The summed E-state index contributed by atoms with van der Waals surface area (Å²) < 4.78 is 19.5. The molecular weight excluding hydrogens is 355 g/mol. The van der Waals surface area contributed by atoms with Gasteiger partial charge in [-0.3, -0.25) is 4.79 Å². The van der Waals surface area contributed by atoms with E-state index in [-0.39, 0.29) is 18.1 Å². The van der Waals surface area contributed by atoms with Crippen LogP contribution in [0.5, 0.6) is 11.5 Å². The van der Waals surface area contributed by atoms with Crippen molar-refractivity contribution in [3.63, 3.8) is 0 Å². The van der Waals surface area contributed by atoms with Gasteiger partial charge in [0.25, 0.3) is 0 Å². The summed E-state index contributed by atoms with van der Waals surface area (Å²) in [5.41, 5.74) is 3.03. The Kier molecular flexibility index (Phi) is 4.81. The highest BCUT2D eigenvalue weighted by Crippen LogP contribution is 2.30. The van der Waals surface area contributed by atoms with Crippen LogP contribution in [0.1, 0.15) is 11.3 Å². The van der Waals surface area contributed by atoms with Crippen molar-refractivity contribution < 1.29 is 13.9 Å². The third-order valence-electron chi connectivity index (χ3n) is 4.55. The largest absolute Gasteiger partial charge is 0.455 e. The molecular formula is C23H19FN2O2. The van der Waals surface area contributed by atoms with Gasteiger partial charge in [-0.25, -0.2) is 4.39 Å². The highest BCUT2D eigenvalue weighted by Gasteiger charge is 2.15. The molecule has 0 unspecified atom stereocenters. The smallest absolute Gasteiger partial charge is 0.228 e. The number of aromatic nitrogens is 1. The number of carbonyl (C=O) groups is 1. The first kappa shape index (κ1) is 17.8. The lowest BCUT2D eigenvalue weighted by atomic mass is 10.1. The maximum Gasteiger partial charge on any atom is 0.228 e. The number of nitrogens with one attached hydrogen (secondary N) is 2. The summed E-state index contributed by atoms with van der Waals surface area (Å²) in [4.78, 5) is 15.9. The van der Waals surface area contributed by atoms with E-state index in [9.17, 15) is 9.18 Å². The van der Waals surface area contributed by atoms with Gasteiger partial charge in [-0.05, 0) is 55.0 Å². The first-order chi connectivity index (χ1) is 13.6. The number of hydrogen-bond acceptors (Lipinski definition) is 2. The maximum atomic E-state index is 13.6. The van der Waals surface area contributed by atoms with Crippen molar-refractivity contribution in [2.45, 2.75) is 13.3 Å². The predicted octanol–water partition coefficient (Wildman–Crippen LogP) is 5.59. The molecule has 0 bridgehead atoms. The molecule has 3 aromatic carbocycles.